The highest BCUT2D eigenvalue weighted by Crippen LogP contribution is 2.26. The van der Waals surface area contributed by atoms with E-state index in [9.17, 15) is 0 Å². The first kappa shape index (κ1) is 7.42. The van der Waals surface area contributed by atoms with Gasteiger partial charge in [0.25, 0.3) is 0 Å². The third-order valence-electron chi connectivity index (χ3n) is 1.89. The molecule has 2 unspecified atom stereocenters. The van der Waals surface area contributed by atoms with E-state index >= 15 is 0 Å². The van der Waals surface area contributed by atoms with E-state index in [1.165, 1.54) is 25.0 Å². The predicted molar refractivity (Wildman–Crippen MR) is 43.7 cm³/mol. The summed E-state index contributed by atoms with van der Waals surface area (Å²) in [5, 5.41) is 0.749. The summed E-state index contributed by atoms with van der Waals surface area (Å²) in [6.07, 6.45) is 3.81. The van der Waals surface area contributed by atoms with Gasteiger partial charge in [-0.15, -0.1) is 0 Å². The zero-order valence-corrected chi connectivity index (χ0v) is 6.79. The fourth-order valence-electron chi connectivity index (χ4n) is 1.28. The normalized spacial score (nSPS) is 36.7. The van der Waals surface area contributed by atoms with E-state index in [0.717, 1.165) is 5.25 Å². The molecule has 0 bridgehead atoms. The van der Waals surface area contributed by atoms with Gasteiger partial charge in [-0.3, -0.25) is 0 Å². The molecule has 0 radical (unpaired) electrons. The van der Waals surface area contributed by atoms with Crippen molar-refractivity contribution in [1.29, 1.82) is 0 Å². The van der Waals surface area contributed by atoms with Crippen molar-refractivity contribution in [3.8, 4) is 0 Å². The van der Waals surface area contributed by atoms with E-state index in [4.69, 9.17) is 5.73 Å². The Labute approximate surface area is 61.4 Å². The fraction of sp³-hybridized carbons (Fsp3) is 1.00. The molecule has 54 valence electrons. The fourth-order valence-corrected chi connectivity index (χ4v) is 2.54. The molecule has 2 atom stereocenters. The third-order valence-corrected chi connectivity index (χ3v) is 3.53. The lowest BCUT2D eigenvalue weighted by Gasteiger charge is -2.26. The van der Waals surface area contributed by atoms with Crippen molar-refractivity contribution in [2.75, 3.05) is 5.75 Å². The SMILES string of the molecule is CCC1SCCCC1N. The summed E-state index contributed by atoms with van der Waals surface area (Å²) in [5.74, 6) is 1.33. The van der Waals surface area contributed by atoms with Crippen molar-refractivity contribution in [2.24, 2.45) is 5.73 Å². The minimum absolute atomic E-state index is 0.480. The van der Waals surface area contributed by atoms with E-state index in [1.54, 1.807) is 0 Å². The van der Waals surface area contributed by atoms with Crippen molar-refractivity contribution >= 4 is 11.8 Å². The molecule has 0 aliphatic carbocycles. The van der Waals surface area contributed by atoms with Crippen LogP contribution in [0.15, 0.2) is 0 Å². The first-order chi connectivity index (χ1) is 4.34. The Morgan fingerprint density at radius 3 is 2.89 bits per heavy atom. The van der Waals surface area contributed by atoms with Crippen LogP contribution in [0.25, 0.3) is 0 Å². The lowest BCUT2D eigenvalue weighted by Crippen LogP contribution is -2.35. The predicted octanol–water partition coefficient (Wildman–Crippen LogP) is 1.62. The van der Waals surface area contributed by atoms with Gasteiger partial charge in [-0.1, -0.05) is 6.92 Å². The second-order valence-corrected chi connectivity index (χ2v) is 3.97. The molecule has 1 aliphatic heterocycles. The van der Waals surface area contributed by atoms with Crippen LogP contribution in [0.5, 0.6) is 0 Å². The maximum Gasteiger partial charge on any atom is 0.0196 e. The molecule has 1 aliphatic rings. The topological polar surface area (TPSA) is 26.0 Å². The van der Waals surface area contributed by atoms with Gasteiger partial charge in [0, 0.05) is 11.3 Å². The van der Waals surface area contributed by atoms with Crippen LogP contribution in [0.4, 0.5) is 0 Å². The van der Waals surface area contributed by atoms with Gasteiger partial charge in [-0.25, -0.2) is 0 Å². The number of thioether (sulfide) groups is 1. The molecule has 0 spiro atoms. The van der Waals surface area contributed by atoms with Crippen LogP contribution >= 0.6 is 11.8 Å². The monoisotopic (exact) mass is 145 g/mol. The van der Waals surface area contributed by atoms with E-state index in [1.807, 2.05) is 11.8 Å². The molecule has 0 aromatic heterocycles. The summed E-state index contributed by atoms with van der Waals surface area (Å²) in [7, 11) is 0. The van der Waals surface area contributed by atoms with Gasteiger partial charge in [0.1, 0.15) is 0 Å². The van der Waals surface area contributed by atoms with Crippen molar-refractivity contribution in [2.45, 2.75) is 37.5 Å². The average molecular weight is 145 g/mol. The Hall–Kier alpha value is 0.310. The summed E-state index contributed by atoms with van der Waals surface area (Å²) < 4.78 is 0. The molecule has 1 heterocycles. The van der Waals surface area contributed by atoms with Gasteiger partial charge in [-0.2, -0.15) is 11.8 Å². The Morgan fingerprint density at radius 2 is 2.44 bits per heavy atom. The zero-order valence-electron chi connectivity index (χ0n) is 5.97. The first-order valence-electron chi connectivity index (χ1n) is 3.71. The molecular weight excluding hydrogens is 130 g/mol. The lowest BCUT2D eigenvalue weighted by atomic mass is 10.1. The van der Waals surface area contributed by atoms with Crippen molar-refractivity contribution in [3.63, 3.8) is 0 Å². The van der Waals surface area contributed by atoms with E-state index in [-0.39, 0.29) is 0 Å². The molecule has 1 saturated heterocycles. The number of rotatable bonds is 1. The average Bonchev–Trinajstić information content (AvgIpc) is 1.89. The highest BCUT2D eigenvalue weighted by atomic mass is 32.2. The molecule has 1 nitrogen and oxygen atoms in total. The molecule has 0 saturated carbocycles. The molecular formula is C7H15NS. The van der Waals surface area contributed by atoms with Crippen LogP contribution in [-0.2, 0) is 0 Å². The molecule has 1 fully saturated rings. The number of hydrogen-bond donors (Lipinski definition) is 1. The highest BCUT2D eigenvalue weighted by molar-refractivity contribution is 8.00. The standard InChI is InChI=1S/C7H15NS/c1-2-7-6(8)4-3-5-9-7/h6-7H,2-5,8H2,1H3. The summed E-state index contributed by atoms with van der Waals surface area (Å²) >= 11 is 2.05. The molecule has 9 heavy (non-hydrogen) atoms. The van der Waals surface area contributed by atoms with E-state index in [2.05, 4.69) is 6.92 Å². The van der Waals surface area contributed by atoms with Gasteiger partial charge in [-0.05, 0) is 25.0 Å². The Kier molecular flexibility index (Phi) is 2.86. The molecule has 0 aromatic rings. The minimum atomic E-state index is 0.480. The first-order valence-corrected chi connectivity index (χ1v) is 4.76. The Bertz CT molecular complexity index is 85.0. The second-order valence-electron chi connectivity index (χ2n) is 2.62. The quantitative estimate of drug-likeness (QED) is 0.607. The smallest absolute Gasteiger partial charge is 0.0196 e. The maximum atomic E-state index is 5.87. The second kappa shape index (κ2) is 3.47. The summed E-state index contributed by atoms with van der Waals surface area (Å²) in [6, 6.07) is 0.480. The number of hydrogen-bond acceptors (Lipinski definition) is 2. The summed E-state index contributed by atoms with van der Waals surface area (Å²) in [4.78, 5) is 0. The van der Waals surface area contributed by atoms with Gasteiger partial charge in [0.05, 0.1) is 0 Å². The van der Waals surface area contributed by atoms with Gasteiger partial charge >= 0.3 is 0 Å². The van der Waals surface area contributed by atoms with E-state index in [0.29, 0.717) is 6.04 Å². The summed E-state index contributed by atoms with van der Waals surface area (Å²) in [6.45, 7) is 2.23. The number of nitrogens with two attached hydrogens (primary N) is 1. The summed E-state index contributed by atoms with van der Waals surface area (Å²) in [5.41, 5.74) is 5.87. The van der Waals surface area contributed by atoms with Gasteiger partial charge in [0.2, 0.25) is 0 Å². The minimum Gasteiger partial charge on any atom is -0.327 e. The van der Waals surface area contributed by atoms with Crippen molar-refractivity contribution < 1.29 is 0 Å². The van der Waals surface area contributed by atoms with E-state index < -0.39 is 0 Å². The maximum absolute atomic E-state index is 5.87. The van der Waals surface area contributed by atoms with Crippen LogP contribution in [0.3, 0.4) is 0 Å². The Morgan fingerprint density at radius 1 is 1.67 bits per heavy atom. The van der Waals surface area contributed by atoms with Crippen LogP contribution in [0, 0.1) is 0 Å². The molecule has 1 rings (SSSR count). The third kappa shape index (κ3) is 1.87. The van der Waals surface area contributed by atoms with Crippen LogP contribution in [0.1, 0.15) is 26.2 Å². The van der Waals surface area contributed by atoms with Crippen LogP contribution < -0.4 is 5.73 Å². The molecule has 0 amide bonds. The molecule has 2 N–H and O–H groups in total. The van der Waals surface area contributed by atoms with Gasteiger partial charge in [0.15, 0.2) is 0 Å². The molecule has 2 heteroatoms. The highest BCUT2D eigenvalue weighted by Gasteiger charge is 2.19. The van der Waals surface area contributed by atoms with Crippen molar-refractivity contribution in [1.82, 2.24) is 0 Å². The zero-order chi connectivity index (χ0) is 6.69. The van der Waals surface area contributed by atoms with Crippen LogP contribution in [0.2, 0.25) is 0 Å². The van der Waals surface area contributed by atoms with Gasteiger partial charge < -0.3 is 5.73 Å². The van der Waals surface area contributed by atoms with Crippen molar-refractivity contribution in [3.05, 3.63) is 0 Å². The lowest BCUT2D eigenvalue weighted by molar-refractivity contribution is 0.552. The largest absolute Gasteiger partial charge is 0.327 e. The Balaban J connectivity index is 2.30. The van der Waals surface area contributed by atoms with Crippen LogP contribution in [-0.4, -0.2) is 17.0 Å². The molecule has 0 aromatic carbocycles.